The topological polar surface area (TPSA) is 79.4 Å². The van der Waals surface area contributed by atoms with Crippen LogP contribution in [-0.4, -0.2) is 26.4 Å². The Morgan fingerprint density at radius 1 is 1.13 bits per heavy atom. The Morgan fingerprint density at radius 3 is 2.53 bits per heavy atom. The molecule has 0 fully saturated rings. The van der Waals surface area contributed by atoms with Crippen LogP contribution in [0.2, 0.25) is 0 Å². The average Bonchev–Trinajstić information content (AvgIpc) is 3.15. The zero-order valence-electron chi connectivity index (χ0n) is 16.8. The lowest BCUT2D eigenvalue weighted by Crippen LogP contribution is -2.26. The number of rotatable bonds is 5. The van der Waals surface area contributed by atoms with Crippen LogP contribution in [0.5, 0.6) is 0 Å². The van der Waals surface area contributed by atoms with Gasteiger partial charge in [0.05, 0.1) is 16.3 Å². The van der Waals surface area contributed by atoms with Gasteiger partial charge >= 0.3 is 0 Å². The second-order valence-electron chi connectivity index (χ2n) is 7.52. The standard InChI is InChI=1S/C22H23N3O3S2/c1-15-8-13-19-20(14-15)29-22(23-19)24-21(26)16-9-11-18(12-10-16)30(27,28)25(2)17-6-4-3-5-7-17/h3-7,9-12,15H,8,13-14H2,1-2H3,(H,23,24,26)/t15-/m0/s1. The molecule has 1 N–H and O–H groups in total. The van der Waals surface area contributed by atoms with Gasteiger partial charge in [-0.25, -0.2) is 13.4 Å². The first-order valence-electron chi connectivity index (χ1n) is 9.78. The van der Waals surface area contributed by atoms with E-state index in [2.05, 4.69) is 17.2 Å². The number of nitrogens with zero attached hydrogens (tertiary/aromatic N) is 2. The highest BCUT2D eigenvalue weighted by molar-refractivity contribution is 7.92. The molecule has 0 unspecified atom stereocenters. The number of anilines is 2. The molecule has 0 spiro atoms. The van der Waals surface area contributed by atoms with Crippen LogP contribution in [-0.2, 0) is 22.9 Å². The number of amides is 1. The summed E-state index contributed by atoms with van der Waals surface area (Å²) in [4.78, 5) is 18.5. The summed E-state index contributed by atoms with van der Waals surface area (Å²) in [6.45, 7) is 2.23. The third-order valence-electron chi connectivity index (χ3n) is 5.30. The molecular weight excluding hydrogens is 418 g/mol. The van der Waals surface area contributed by atoms with Gasteiger partial charge in [-0.2, -0.15) is 0 Å². The minimum absolute atomic E-state index is 0.129. The van der Waals surface area contributed by atoms with E-state index >= 15 is 0 Å². The minimum Gasteiger partial charge on any atom is -0.298 e. The lowest BCUT2D eigenvalue weighted by atomic mass is 9.93. The Morgan fingerprint density at radius 2 is 1.83 bits per heavy atom. The molecule has 8 heteroatoms. The van der Waals surface area contributed by atoms with Crippen molar-refractivity contribution < 1.29 is 13.2 Å². The highest BCUT2D eigenvalue weighted by atomic mass is 32.2. The van der Waals surface area contributed by atoms with Crippen LogP contribution in [0.1, 0.15) is 34.3 Å². The van der Waals surface area contributed by atoms with Crippen LogP contribution >= 0.6 is 11.3 Å². The number of carbonyl (C=O) groups excluding carboxylic acids is 1. The second-order valence-corrected chi connectivity index (χ2v) is 10.6. The molecule has 0 saturated carbocycles. The van der Waals surface area contributed by atoms with E-state index in [4.69, 9.17) is 0 Å². The highest BCUT2D eigenvalue weighted by Crippen LogP contribution is 2.32. The summed E-state index contributed by atoms with van der Waals surface area (Å²) < 4.78 is 26.9. The van der Waals surface area contributed by atoms with Gasteiger partial charge in [0, 0.05) is 17.5 Å². The van der Waals surface area contributed by atoms with E-state index in [0.717, 1.165) is 25.0 Å². The number of nitrogens with one attached hydrogen (secondary N) is 1. The molecule has 156 valence electrons. The first-order chi connectivity index (χ1) is 14.3. The minimum atomic E-state index is -3.71. The van der Waals surface area contributed by atoms with Gasteiger partial charge in [-0.05, 0) is 61.6 Å². The number of aromatic nitrogens is 1. The van der Waals surface area contributed by atoms with Gasteiger partial charge in [-0.3, -0.25) is 14.4 Å². The normalized spacial score (nSPS) is 16.0. The van der Waals surface area contributed by atoms with Crippen molar-refractivity contribution in [3.63, 3.8) is 0 Å². The van der Waals surface area contributed by atoms with Crippen molar-refractivity contribution in [2.75, 3.05) is 16.7 Å². The first-order valence-corrected chi connectivity index (χ1v) is 12.0. The Labute approximate surface area is 180 Å². The molecule has 1 heterocycles. The molecule has 3 aromatic rings. The molecule has 30 heavy (non-hydrogen) atoms. The largest absolute Gasteiger partial charge is 0.298 e. The van der Waals surface area contributed by atoms with Crippen LogP contribution in [0, 0.1) is 5.92 Å². The van der Waals surface area contributed by atoms with E-state index < -0.39 is 10.0 Å². The predicted octanol–water partition coefficient (Wildman–Crippen LogP) is 4.35. The van der Waals surface area contributed by atoms with Crippen molar-refractivity contribution in [3.05, 3.63) is 70.7 Å². The summed E-state index contributed by atoms with van der Waals surface area (Å²) in [5.74, 6) is 0.347. The summed E-state index contributed by atoms with van der Waals surface area (Å²) in [5, 5.41) is 3.44. The van der Waals surface area contributed by atoms with Gasteiger partial charge in [0.25, 0.3) is 15.9 Å². The van der Waals surface area contributed by atoms with Crippen molar-refractivity contribution in [2.45, 2.75) is 31.1 Å². The maximum absolute atomic E-state index is 12.9. The molecule has 1 atom stereocenters. The molecule has 6 nitrogen and oxygen atoms in total. The Hall–Kier alpha value is -2.71. The maximum atomic E-state index is 12.9. The lowest BCUT2D eigenvalue weighted by molar-refractivity contribution is 0.102. The van der Waals surface area contributed by atoms with E-state index in [1.807, 2.05) is 6.07 Å². The number of sulfonamides is 1. The summed E-state index contributed by atoms with van der Waals surface area (Å²) in [6, 6.07) is 14.8. The molecular formula is C22H23N3O3S2. The molecule has 0 aliphatic heterocycles. The number of hydrogen-bond acceptors (Lipinski definition) is 5. The molecule has 2 aromatic carbocycles. The average molecular weight is 442 g/mol. The molecule has 1 aliphatic carbocycles. The van der Waals surface area contributed by atoms with E-state index in [9.17, 15) is 13.2 Å². The fraction of sp³-hybridized carbons (Fsp3) is 0.273. The van der Waals surface area contributed by atoms with Crippen molar-refractivity contribution in [2.24, 2.45) is 5.92 Å². The highest BCUT2D eigenvalue weighted by Gasteiger charge is 2.23. The van der Waals surface area contributed by atoms with Gasteiger partial charge in [0.15, 0.2) is 5.13 Å². The zero-order chi connectivity index (χ0) is 21.3. The smallest absolute Gasteiger partial charge is 0.264 e. The lowest BCUT2D eigenvalue weighted by Gasteiger charge is -2.19. The molecule has 4 rings (SSSR count). The Kier molecular flexibility index (Phi) is 5.62. The quantitative estimate of drug-likeness (QED) is 0.639. The monoisotopic (exact) mass is 441 g/mol. The SMILES string of the molecule is C[C@H]1CCc2nc(NC(=O)c3ccc(S(=O)(=O)N(C)c4ccccc4)cc3)sc2C1. The van der Waals surface area contributed by atoms with E-state index in [-0.39, 0.29) is 10.8 Å². The first kappa shape index (κ1) is 20.6. The Balaban J connectivity index is 1.49. The summed E-state index contributed by atoms with van der Waals surface area (Å²) in [6.07, 6.45) is 3.08. The molecule has 0 radical (unpaired) electrons. The summed E-state index contributed by atoms with van der Waals surface area (Å²) >= 11 is 1.53. The van der Waals surface area contributed by atoms with Crippen LogP contribution in [0.25, 0.3) is 0 Å². The fourth-order valence-corrected chi connectivity index (χ4v) is 5.84. The molecule has 0 saturated heterocycles. The zero-order valence-corrected chi connectivity index (χ0v) is 18.5. The predicted molar refractivity (Wildman–Crippen MR) is 120 cm³/mol. The summed E-state index contributed by atoms with van der Waals surface area (Å²) in [5.41, 5.74) is 2.04. The third-order valence-corrected chi connectivity index (χ3v) is 8.14. The number of fused-ring (bicyclic) bond motifs is 1. The van der Waals surface area contributed by atoms with Gasteiger partial charge in [-0.15, -0.1) is 11.3 Å². The van der Waals surface area contributed by atoms with E-state index in [1.54, 1.807) is 24.3 Å². The van der Waals surface area contributed by atoms with E-state index in [1.165, 1.54) is 51.8 Å². The van der Waals surface area contributed by atoms with Crippen LogP contribution < -0.4 is 9.62 Å². The van der Waals surface area contributed by atoms with E-state index in [0.29, 0.717) is 22.3 Å². The number of thiazole rings is 1. The van der Waals surface area contributed by atoms with Gasteiger partial charge < -0.3 is 0 Å². The van der Waals surface area contributed by atoms with Crippen LogP contribution in [0.4, 0.5) is 10.8 Å². The van der Waals surface area contributed by atoms with Crippen molar-refractivity contribution in [3.8, 4) is 0 Å². The molecule has 1 aliphatic rings. The van der Waals surface area contributed by atoms with Crippen LogP contribution in [0.15, 0.2) is 59.5 Å². The number of carbonyl (C=O) groups is 1. The van der Waals surface area contributed by atoms with Crippen molar-refractivity contribution in [1.82, 2.24) is 4.98 Å². The van der Waals surface area contributed by atoms with Gasteiger partial charge in [0.2, 0.25) is 0 Å². The third kappa shape index (κ3) is 4.11. The molecule has 1 amide bonds. The molecule has 1 aromatic heterocycles. The van der Waals surface area contributed by atoms with Crippen LogP contribution in [0.3, 0.4) is 0 Å². The summed E-state index contributed by atoms with van der Waals surface area (Å²) in [7, 11) is -2.20. The Bertz CT molecular complexity index is 1160. The van der Waals surface area contributed by atoms with Gasteiger partial charge in [0.1, 0.15) is 0 Å². The fourth-order valence-electron chi connectivity index (χ4n) is 3.48. The van der Waals surface area contributed by atoms with Crippen molar-refractivity contribution >= 4 is 38.1 Å². The van der Waals surface area contributed by atoms with Gasteiger partial charge in [-0.1, -0.05) is 25.1 Å². The number of para-hydroxylation sites is 1. The number of hydrogen-bond donors (Lipinski definition) is 1. The molecule has 0 bridgehead atoms. The van der Waals surface area contributed by atoms with Crippen molar-refractivity contribution in [1.29, 1.82) is 0 Å². The maximum Gasteiger partial charge on any atom is 0.264 e. The number of benzene rings is 2. The number of aryl methyl sites for hydroxylation is 1. The second kappa shape index (κ2) is 8.20.